The summed E-state index contributed by atoms with van der Waals surface area (Å²) in [6.07, 6.45) is 3.70. The minimum absolute atomic E-state index is 0.00584. The van der Waals surface area contributed by atoms with Crippen molar-refractivity contribution in [2.24, 2.45) is 0 Å². The lowest BCUT2D eigenvalue weighted by atomic mass is 10.1. The number of carbonyl (C=O) groups is 2. The molecule has 2 saturated heterocycles. The minimum Gasteiger partial charge on any atom is -0.484 e. The summed E-state index contributed by atoms with van der Waals surface area (Å²) < 4.78 is 28.8. The number of piperidine rings is 1. The maximum absolute atomic E-state index is 13.3. The van der Waals surface area contributed by atoms with Gasteiger partial charge in [-0.15, -0.1) is 0 Å². The number of aromatic amines is 1. The molecular formula is C31H31N5O5S. The molecule has 3 aliphatic rings. The standard InChI is InChI=1S/C31H31N5O5S/c37-29(35-14-15-42(39,40)20-35)19-41-25-8-4-21(5-9-25)30-32-27-11-7-24(17-28(27)33-30)36-18-22-16-23(6-10-26(22)31(36)38)34-12-2-1-3-13-34/h4-11,16-17H,1-3,12-15,18-20H2,(H,32,33). The number of sulfone groups is 1. The molecule has 0 saturated carbocycles. The number of ether oxygens (including phenoxy) is 1. The van der Waals surface area contributed by atoms with E-state index in [0.717, 1.165) is 46.5 Å². The third-order valence-corrected chi connectivity index (χ3v) is 9.77. The molecule has 0 bridgehead atoms. The summed E-state index contributed by atoms with van der Waals surface area (Å²) in [5, 5.41) is 0. The number of amides is 2. The van der Waals surface area contributed by atoms with Crippen molar-refractivity contribution in [3.05, 3.63) is 71.8 Å². The molecule has 42 heavy (non-hydrogen) atoms. The van der Waals surface area contributed by atoms with Crippen LogP contribution in [0.25, 0.3) is 22.4 Å². The molecule has 0 atom stereocenters. The third kappa shape index (κ3) is 5.09. The number of hydrogen-bond acceptors (Lipinski definition) is 7. The maximum Gasteiger partial charge on any atom is 0.261 e. The molecule has 7 rings (SSSR count). The zero-order valence-corrected chi connectivity index (χ0v) is 23.9. The number of hydrogen-bond donors (Lipinski definition) is 1. The molecule has 0 unspecified atom stereocenters. The number of H-pyrrole nitrogens is 1. The first-order valence-electron chi connectivity index (χ1n) is 14.2. The van der Waals surface area contributed by atoms with Crippen LogP contribution in [0.2, 0.25) is 0 Å². The van der Waals surface area contributed by atoms with E-state index in [1.54, 1.807) is 12.1 Å². The van der Waals surface area contributed by atoms with E-state index < -0.39 is 9.84 Å². The van der Waals surface area contributed by atoms with E-state index in [1.165, 1.54) is 29.8 Å². The maximum atomic E-state index is 13.3. The Kier molecular flexibility index (Phi) is 6.61. The highest BCUT2D eigenvalue weighted by molar-refractivity contribution is 7.91. The van der Waals surface area contributed by atoms with E-state index >= 15 is 0 Å². The molecule has 216 valence electrons. The molecule has 1 N–H and O–H groups in total. The van der Waals surface area contributed by atoms with Crippen LogP contribution in [0.3, 0.4) is 0 Å². The van der Waals surface area contributed by atoms with Crippen LogP contribution in [0.4, 0.5) is 11.4 Å². The lowest BCUT2D eigenvalue weighted by Gasteiger charge is -2.29. The van der Waals surface area contributed by atoms with Gasteiger partial charge in [-0.2, -0.15) is 0 Å². The van der Waals surface area contributed by atoms with E-state index in [2.05, 4.69) is 22.0 Å². The van der Waals surface area contributed by atoms with Gasteiger partial charge in [0.05, 0.1) is 23.3 Å². The van der Waals surface area contributed by atoms with Crippen LogP contribution in [0, 0.1) is 0 Å². The minimum atomic E-state index is -3.18. The molecule has 0 radical (unpaired) electrons. The number of nitrogens with one attached hydrogen (secondary N) is 1. The van der Waals surface area contributed by atoms with E-state index in [-0.39, 0.29) is 36.6 Å². The normalized spacial score (nSPS) is 18.1. The Hall–Kier alpha value is -4.38. The molecule has 3 aromatic carbocycles. The van der Waals surface area contributed by atoms with Crippen molar-refractivity contribution in [1.29, 1.82) is 0 Å². The Bertz CT molecular complexity index is 1790. The van der Waals surface area contributed by atoms with Gasteiger partial charge in [0.2, 0.25) is 0 Å². The zero-order chi connectivity index (χ0) is 28.8. The Morgan fingerprint density at radius 1 is 0.929 bits per heavy atom. The third-order valence-electron chi connectivity index (χ3n) is 8.26. The van der Waals surface area contributed by atoms with Crippen LogP contribution in [0.1, 0.15) is 35.2 Å². The monoisotopic (exact) mass is 585 g/mol. The van der Waals surface area contributed by atoms with Crippen molar-refractivity contribution in [1.82, 2.24) is 14.9 Å². The molecule has 3 aliphatic heterocycles. The summed E-state index contributed by atoms with van der Waals surface area (Å²) in [4.78, 5) is 39.2. The summed E-state index contributed by atoms with van der Waals surface area (Å²) in [5.41, 5.74) is 6.29. The van der Waals surface area contributed by atoms with Crippen molar-refractivity contribution in [3.63, 3.8) is 0 Å². The van der Waals surface area contributed by atoms with Crippen LogP contribution in [-0.2, 0) is 21.2 Å². The van der Waals surface area contributed by atoms with Crippen LogP contribution >= 0.6 is 0 Å². The van der Waals surface area contributed by atoms with Gasteiger partial charge < -0.3 is 24.4 Å². The van der Waals surface area contributed by atoms with Crippen molar-refractivity contribution in [2.75, 3.05) is 47.7 Å². The van der Waals surface area contributed by atoms with E-state index in [0.29, 0.717) is 18.1 Å². The lowest BCUT2D eigenvalue weighted by molar-refractivity contribution is -0.131. The van der Waals surface area contributed by atoms with Crippen molar-refractivity contribution >= 4 is 44.1 Å². The fourth-order valence-corrected chi connectivity index (χ4v) is 7.30. The average Bonchev–Trinajstić information content (AvgIpc) is 3.70. The van der Waals surface area contributed by atoms with Gasteiger partial charge in [-0.1, -0.05) is 0 Å². The molecule has 2 amide bonds. The van der Waals surface area contributed by atoms with Gasteiger partial charge in [0, 0.05) is 42.1 Å². The zero-order valence-electron chi connectivity index (χ0n) is 23.1. The Morgan fingerprint density at radius 3 is 2.48 bits per heavy atom. The van der Waals surface area contributed by atoms with E-state index in [9.17, 15) is 18.0 Å². The topological polar surface area (TPSA) is 116 Å². The van der Waals surface area contributed by atoms with Gasteiger partial charge in [0.1, 0.15) is 17.5 Å². The van der Waals surface area contributed by atoms with Crippen molar-refractivity contribution < 1.29 is 22.7 Å². The number of benzene rings is 3. The average molecular weight is 586 g/mol. The fraction of sp³-hybridized carbons (Fsp3) is 0.323. The summed E-state index contributed by atoms with van der Waals surface area (Å²) in [7, 11) is -3.18. The summed E-state index contributed by atoms with van der Waals surface area (Å²) in [6.45, 7) is 2.66. The second-order valence-electron chi connectivity index (χ2n) is 11.1. The Labute approximate surface area is 243 Å². The van der Waals surface area contributed by atoms with E-state index in [4.69, 9.17) is 9.72 Å². The molecule has 4 heterocycles. The van der Waals surface area contributed by atoms with Gasteiger partial charge in [-0.3, -0.25) is 9.59 Å². The largest absolute Gasteiger partial charge is 0.484 e. The second-order valence-corrected chi connectivity index (χ2v) is 13.3. The number of anilines is 2. The van der Waals surface area contributed by atoms with Gasteiger partial charge >= 0.3 is 0 Å². The highest BCUT2D eigenvalue weighted by Gasteiger charge is 2.30. The first kappa shape index (κ1) is 26.5. The quantitative estimate of drug-likeness (QED) is 0.364. The molecule has 11 heteroatoms. The first-order valence-corrected chi connectivity index (χ1v) is 16.1. The molecule has 10 nitrogen and oxygen atoms in total. The lowest BCUT2D eigenvalue weighted by Crippen LogP contribution is -2.33. The predicted octanol–water partition coefficient (Wildman–Crippen LogP) is 3.97. The number of rotatable bonds is 6. The molecule has 2 fully saturated rings. The number of aromatic nitrogens is 2. The summed E-state index contributed by atoms with van der Waals surface area (Å²) in [5.74, 6) is 0.580. The smallest absolute Gasteiger partial charge is 0.261 e. The summed E-state index contributed by atoms with van der Waals surface area (Å²) >= 11 is 0. The Morgan fingerprint density at radius 2 is 1.71 bits per heavy atom. The number of fused-ring (bicyclic) bond motifs is 2. The van der Waals surface area contributed by atoms with Crippen molar-refractivity contribution in [3.8, 4) is 17.1 Å². The molecule has 1 aromatic heterocycles. The highest BCUT2D eigenvalue weighted by Crippen LogP contribution is 2.33. The van der Waals surface area contributed by atoms with Gasteiger partial charge in [0.25, 0.3) is 11.8 Å². The first-order chi connectivity index (χ1) is 20.3. The Balaban J connectivity index is 1.03. The second kappa shape index (κ2) is 10.5. The SMILES string of the molecule is O=C(COc1ccc(-c2nc3ccc(N4Cc5cc(N6CCCCC6)ccc5C4=O)cc3[nH]2)cc1)N1CCS(=O)(=O)C1. The molecule has 0 spiro atoms. The number of nitrogens with zero attached hydrogens (tertiary/aromatic N) is 4. The van der Waals surface area contributed by atoms with Crippen LogP contribution < -0.4 is 14.5 Å². The molecular weight excluding hydrogens is 554 g/mol. The molecule has 4 aromatic rings. The predicted molar refractivity (Wildman–Crippen MR) is 160 cm³/mol. The number of carbonyl (C=O) groups excluding carboxylic acids is 2. The molecule has 0 aliphatic carbocycles. The number of imidazole rings is 1. The van der Waals surface area contributed by atoms with E-state index in [1.807, 2.05) is 41.3 Å². The van der Waals surface area contributed by atoms with Crippen LogP contribution in [0.15, 0.2) is 60.7 Å². The van der Waals surface area contributed by atoms with Crippen LogP contribution in [-0.4, -0.2) is 73.0 Å². The van der Waals surface area contributed by atoms with Gasteiger partial charge in [-0.25, -0.2) is 13.4 Å². The van der Waals surface area contributed by atoms with Crippen LogP contribution in [0.5, 0.6) is 5.75 Å². The highest BCUT2D eigenvalue weighted by atomic mass is 32.2. The van der Waals surface area contributed by atoms with Gasteiger partial charge in [-0.05, 0) is 85.5 Å². The van der Waals surface area contributed by atoms with Crippen molar-refractivity contribution in [2.45, 2.75) is 25.8 Å². The summed E-state index contributed by atoms with van der Waals surface area (Å²) in [6, 6.07) is 19.2. The fourth-order valence-electron chi connectivity index (χ4n) is 5.92. The van der Waals surface area contributed by atoms with Gasteiger partial charge in [0.15, 0.2) is 16.4 Å².